The molecular formula is C16H17F3N2O3. The van der Waals surface area contributed by atoms with Crippen molar-refractivity contribution in [3.63, 3.8) is 0 Å². The summed E-state index contributed by atoms with van der Waals surface area (Å²) in [6, 6.07) is 5.18. The van der Waals surface area contributed by atoms with Crippen molar-refractivity contribution in [1.82, 2.24) is 0 Å². The Labute approximate surface area is 137 Å². The van der Waals surface area contributed by atoms with Crippen LogP contribution >= 0.6 is 0 Å². The highest BCUT2D eigenvalue weighted by molar-refractivity contribution is 5.56. The third kappa shape index (κ3) is 3.64. The van der Waals surface area contributed by atoms with Gasteiger partial charge in [-0.05, 0) is 18.2 Å². The van der Waals surface area contributed by atoms with E-state index in [-0.39, 0.29) is 23.9 Å². The fourth-order valence-corrected chi connectivity index (χ4v) is 2.89. The fraction of sp³-hybridized carbons (Fsp3) is 0.562. The second kappa shape index (κ2) is 6.59. The van der Waals surface area contributed by atoms with Crippen LogP contribution in [0.15, 0.2) is 18.2 Å². The molecule has 2 saturated heterocycles. The van der Waals surface area contributed by atoms with Crippen LogP contribution in [0.3, 0.4) is 0 Å². The summed E-state index contributed by atoms with van der Waals surface area (Å²) < 4.78 is 56.3. The van der Waals surface area contributed by atoms with Gasteiger partial charge in [-0.15, -0.1) is 0 Å². The molecule has 2 fully saturated rings. The molecule has 2 heterocycles. The van der Waals surface area contributed by atoms with Crippen LogP contribution in [0.4, 0.5) is 18.9 Å². The van der Waals surface area contributed by atoms with Crippen LogP contribution in [0.1, 0.15) is 24.0 Å². The Bertz CT molecular complexity index is 636. The number of alkyl halides is 3. The molecule has 3 rings (SSSR count). The van der Waals surface area contributed by atoms with Gasteiger partial charge in [-0.1, -0.05) is 0 Å². The molecule has 0 aromatic heterocycles. The Kier molecular flexibility index (Phi) is 4.67. The lowest BCUT2D eigenvalue weighted by Gasteiger charge is -2.31. The predicted octanol–water partition coefficient (Wildman–Crippen LogP) is 2.91. The topological polar surface area (TPSA) is 63.5 Å². The monoisotopic (exact) mass is 342 g/mol. The quantitative estimate of drug-likeness (QED) is 0.915. The molecule has 2 aliphatic rings. The van der Waals surface area contributed by atoms with E-state index in [1.54, 1.807) is 6.07 Å². The van der Waals surface area contributed by atoms with E-state index in [0.717, 1.165) is 6.07 Å². The second-order valence-electron chi connectivity index (χ2n) is 5.82. The number of nitriles is 1. The summed E-state index contributed by atoms with van der Waals surface area (Å²) in [7, 11) is 0. The number of anilines is 1. The third-order valence-corrected chi connectivity index (χ3v) is 4.14. The summed E-state index contributed by atoms with van der Waals surface area (Å²) in [5.74, 6) is -0.665. The number of nitrogens with zero attached hydrogens (tertiary/aromatic N) is 1. The lowest BCUT2D eigenvalue weighted by atomic mass is 10.1. The molecule has 0 saturated carbocycles. The number of rotatable bonds is 3. The first-order chi connectivity index (χ1) is 11.4. The van der Waals surface area contributed by atoms with E-state index in [4.69, 9.17) is 19.5 Å². The Balaban J connectivity index is 1.66. The molecule has 1 atom stereocenters. The van der Waals surface area contributed by atoms with Gasteiger partial charge in [0.25, 0.3) is 0 Å². The minimum atomic E-state index is -4.54. The molecule has 1 spiro atoms. The molecule has 0 amide bonds. The minimum Gasteiger partial charge on any atom is -0.382 e. The van der Waals surface area contributed by atoms with Crippen LogP contribution in [0, 0.1) is 11.3 Å². The molecule has 1 unspecified atom stereocenters. The van der Waals surface area contributed by atoms with Gasteiger partial charge in [0.1, 0.15) is 6.10 Å². The van der Waals surface area contributed by atoms with E-state index < -0.39 is 17.5 Å². The van der Waals surface area contributed by atoms with Crippen molar-refractivity contribution in [3.8, 4) is 6.07 Å². The number of halogens is 3. The van der Waals surface area contributed by atoms with Gasteiger partial charge in [0, 0.05) is 25.1 Å². The van der Waals surface area contributed by atoms with Crippen molar-refractivity contribution in [2.45, 2.75) is 30.9 Å². The smallest absolute Gasteiger partial charge is 0.382 e. The van der Waals surface area contributed by atoms with Crippen LogP contribution < -0.4 is 5.32 Å². The summed E-state index contributed by atoms with van der Waals surface area (Å²) >= 11 is 0. The van der Waals surface area contributed by atoms with Gasteiger partial charge in [0.15, 0.2) is 5.79 Å². The Hall–Kier alpha value is -1.82. The summed E-state index contributed by atoms with van der Waals surface area (Å²) in [6.45, 7) is 1.62. The largest absolute Gasteiger partial charge is 0.418 e. The number of benzene rings is 1. The number of nitrogens with one attached hydrogen (secondary N) is 1. The van der Waals surface area contributed by atoms with Crippen molar-refractivity contribution < 1.29 is 27.4 Å². The van der Waals surface area contributed by atoms with Crippen molar-refractivity contribution in [1.29, 1.82) is 5.26 Å². The summed E-state index contributed by atoms with van der Waals surface area (Å²) in [5, 5.41) is 11.5. The van der Waals surface area contributed by atoms with Gasteiger partial charge in [-0.25, -0.2) is 0 Å². The highest BCUT2D eigenvalue weighted by Crippen LogP contribution is 2.36. The zero-order valence-electron chi connectivity index (χ0n) is 12.9. The van der Waals surface area contributed by atoms with Crippen LogP contribution in [0.2, 0.25) is 0 Å². The molecule has 8 heteroatoms. The minimum absolute atomic E-state index is 0.0329. The Morgan fingerprint density at radius 3 is 2.71 bits per heavy atom. The van der Waals surface area contributed by atoms with E-state index in [9.17, 15) is 13.2 Å². The molecule has 1 aromatic carbocycles. The summed E-state index contributed by atoms with van der Waals surface area (Å²) in [5.41, 5.74) is -0.964. The van der Waals surface area contributed by atoms with Crippen LogP contribution in [-0.2, 0) is 20.4 Å². The van der Waals surface area contributed by atoms with Gasteiger partial charge < -0.3 is 19.5 Å². The van der Waals surface area contributed by atoms with Crippen molar-refractivity contribution in [2.24, 2.45) is 0 Å². The zero-order chi connectivity index (χ0) is 17.2. The molecule has 24 heavy (non-hydrogen) atoms. The first kappa shape index (κ1) is 17.0. The Morgan fingerprint density at radius 2 is 2.04 bits per heavy atom. The van der Waals surface area contributed by atoms with Gasteiger partial charge in [-0.3, -0.25) is 0 Å². The molecule has 1 N–H and O–H groups in total. The number of hydrogen-bond donors (Lipinski definition) is 1. The fourth-order valence-electron chi connectivity index (χ4n) is 2.89. The molecule has 0 aliphatic carbocycles. The molecule has 1 aromatic rings. The third-order valence-electron chi connectivity index (χ3n) is 4.14. The standard InChI is InChI=1S/C16H17F3N2O3/c17-16(18,19)13-7-11(8-20)1-2-14(13)21-9-12-10-23-15(24-12)3-5-22-6-4-15/h1-2,7,12,21H,3-6,9-10H2. The average Bonchev–Trinajstić information content (AvgIpc) is 2.95. The van der Waals surface area contributed by atoms with E-state index in [2.05, 4.69) is 5.32 Å². The highest BCUT2D eigenvalue weighted by Gasteiger charge is 2.43. The molecule has 0 bridgehead atoms. The number of ether oxygens (including phenoxy) is 3. The zero-order valence-corrected chi connectivity index (χ0v) is 12.9. The van der Waals surface area contributed by atoms with Gasteiger partial charge in [-0.2, -0.15) is 18.4 Å². The maximum absolute atomic E-state index is 13.1. The highest BCUT2D eigenvalue weighted by atomic mass is 19.4. The molecule has 5 nitrogen and oxygen atoms in total. The van der Waals surface area contributed by atoms with Crippen molar-refractivity contribution in [2.75, 3.05) is 31.7 Å². The van der Waals surface area contributed by atoms with Gasteiger partial charge in [0.2, 0.25) is 0 Å². The maximum Gasteiger partial charge on any atom is 0.418 e. The van der Waals surface area contributed by atoms with Crippen LogP contribution in [0.25, 0.3) is 0 Å². The molecule has 2 aliphatic heterocycles. The van der Waals surface area contributed by atoms with Crippen molar-refractivity contribution >= 4 is 5.69 Å². The van der Waals surface area contributed by atoms with Crippen molar-refractivity contribution in [3.05, 3.63) is 29.3 Å². The SMILES string of the molecule is N#Cc1ccc(NCC2COC3(CCOCC3)O2)c(C(F)(F)F)c1. The second-order valence-corrected chi connectivity index (χ2v) is 5.82. The Morgan fingerprint density at radius 1 is 1.29 bits per heavy atom. The van der Waals surface area contributed by atoms with Crippen LogP contribution in [-0.4, -0.2) is 38.3 Å². The first-order valence-electron chi connectivity index (χ1n) is 7.67. The number of hydrogen-bond acceptors (Lipinski definition) is 5. The molecular weight excluding hydrogens is 325 g/mol. The van der Waals surface area contributed by atoms with Gasteiger partial charge >= 0.3 is 6.18 Å². The van der Waals surface area contributed by atoms with E-state index in [1.807, 2.05) is 0 Å². The van der Waals surface area contributed by atoms with Gasteiger partial charge in [0.05, 0.1) is 37.0 Å². The molecule has 130 valence electrons. The lowest BCUT2D eigenvalue weighted by molar-refractivity contribution is -0.209. The average molecular weight is 342 g/mol. The summed E-state index contributed by atoms with van der Waals surface area (Å²) in [6.07, 6.45) is -3.63. The van der Waals surface area contributed by atoms with E-state index in [0.29, 0.717) is 32.7 Å². The summed E-state index contributed by atoms with van der Waals surface area (Å²) in [4.78, 5) is 0. The van der Waals surface area contributed by atoms with Crippen LogP contribution in [0.5, 0.6) is 0 Å². The first-order valence-corrected chi connectivity index (χ1v) is 7.67. The predicted molar refractivity (Wildman–Crippen MR) is 78.3 cm³/mol. The van der Waals surface area contributed by atoms with E-state index >= 15 is 0 Å². The molecule has 0 radical (unpaired) electrons. The van der Waals surface area contributed by atoms with E-state index in [1.165, 1.54) is 12.1 Å². The maximum atomic E-state index is 13.1. The lowest BCUT2D eigenvalue weighted by Crippen LogP contribution is -2.38. The normalized spacial score (nSPS) is 23.2.